The van der Waals surface area contributed by atoms with Crippen LogP contribution in [0, 0.1) is 6.92 Å². The van der Waals surface area contributed by atoms with Crippen molar-refractivity contribution in [3.05, 3.63) is 11.3 Å². The molecule has 5 N–H and O–H groups in total. The van der Waals surface area contributed by atoms with Gasteiger partial charge < -0.3 is 11.5 Å². The van der Waals surface area contributed by atoms with Crippen molar-refractivity contribution in [3.63, 3.8) is 0 Å². The molecule has 0 radical (unpaired) electrons. The number of aromatic nitrogens is 2. The fraction of sp³-hybridized carbons (Fsp3) is 0.667. The summed E-state index contributed by atoms with van der Waals surface area (Å²) in [7, 11) is 0. The summed E-state index contributed by atoms with van der Waals surface area (Å²) in [5.74, 6) is 0.619. The zero-order valence-electron chi connectivity index (χ0n) is 8.14. The largest absolute Gasteiger partial charge is 0.382 e. The van der Waals surface area contributed by atoms with Crippen molar-refractivity contribution in [1.82, 2.24) is 10.2 Å². The highest BCUT2D eigenvalue weighted by molar-refractivity contribution is 5.40. The van der Waals surface area contributed by atoms with Crippen molar-refractivity contribution in [3.8, 4) is 0 Å². The van der Waals surface area contributed by atoms with Crippen LogP contribution in [0.2, 0.25) is 0 Å². The molecule has 0 fully saturated rings. The summed E-state index contributed by atoms with van der Waals surface area (Å²) in [4.78, 5) is 0. The molecule has 4 heteroatoms. The third kappa shape index (κ3) is 2.73. The van der Waals surface area contributed by atoms with Crippen molar-refractivity contribution >= 4 is 5.82 Å². The SMILES string of the molecule is Cc1c(N)n[nH]c1CCCCCN. The Bertz CT molecular complexity index is 254. The van der Waals surface area contributed by atoms with Gasteiger partial charge in [0.1, 0.15) is 5.82 Å². The molecule has 0 saturated heterocycles. The molecule has 74 valence electrons. The van der Waals surface area contributed by atoms with E-state index in [0.29, 0.717) is 5.82 Å². The van der Waals surface area contributed by atoms with Gasteiger partial charge in [-0.15, -0.1) is 0 Å². The van der Waals surface area contributed by atoms with Crippen LogP contribution in [0.15, 0.2) is 0 Å². The number of rotatable bonds is 5. The first-order chi connectivity index (χ1) is 6.25. The topological polar surface area (TPSA) is 80.7 Å². The van der Waals surface area contributed by atoms with Gasteiger partial charge in [0.05, 0.1) is 0 Å². The number of nitrogens with zero attached hydrogens (tertiary/aromatic N) is 1. The van der Waals surface area contributed by atoms with Crippen LogP contribution in [-0.2, 0) is 6.42 Å². The Morgan fingerprint density at radius 1 is 1.31 bits per heavy atom. The van der Waals surface area contributed by atoms with E-state index in [0.717, 1.165) is 37.1 Å². The molecule has 0 aromatic carbocycles. The van der Waals surface area contributed by atoms with Crippen molar-refractivity contribution < 1.29 is 0 Å². The van der Waals surface area contributed by atoms with E-state index in [1.54, 1.807) is 0 Å². The summed E-state index contributed by atoms with van der Waals surface area (Å²) >= 11 is 0. The molecule has 0 unspecified atom stereocenters. The molecular formula is C9H18N4. The lowest BCUT2D eigenvalue weighted by Gasteiger charge is -1.98. The number of aromatic amines is 1. The maximum atomic E-state index is 5.61. The third-order valence-corrected chi connectivity index (χ3v) is 2.28. The second-order valence-corrected chi connectivity index (χ2v) is 3.31. The molecule has 0 spiro atoms. The molecule has 0 bridgehead atoms. The minimum Gasteiger partial charge on any atom is -0.382 e. The monoisotopic (exact) mass is 182 g/mol. The highest BCUT2D eigenvalue weighted by Crippen LogP contribution is 2.13. The predicted molar refractivity (Wildman–Crippen MR) is 54.3 cm³/mol. The summed E-state index contributed by atoms with van der Waals surface area (Å²) in [6.45, 7) is 2.78. The number of H-pyrrole nitrogens is 1. The molecule has 1 rings (SSSR count). The summed E-state index contributed by atoms with van der Waals surface area (Å²) < 4.78 is 0. The van der Waals surface area contributed by atoms with Crippen molar-refractivity contribution in [2.75, 3.05) is 12.3 Å². The van der Waals surface area contributed by atoms with Crippen LogP contribution in [0.1, 0.15) is 30.5 Å². The summed E-state index contributed by atoms with van der Waals surface area (Å²) in [6, 6.07) is 0. The maximum Gasteiger partial charge on any atom is 0.148 e. The van der Waals surface area contributed by atoms with Crippen LogP contribution in [0.25, 0.3) is 0 Å². The number of nitrogens with two attached hydrogens (primary N) is 2. The average Bonchev–Trinajstić information content (AvgIpc) is 2.43. The number of hydrogen-bond donors (Lipinski definition) is 3. The fourth-order valence-electron chi connectivity index (χ4n) is 1.32. The van der Waals surface area contributed by atoms with Gasteiger partial charge in [-0.25, -0.2) is 0 Å². The number of anilines is 1. The van der Waals surface area contributed by atoms with E-state index < -0.39 is 0 Å². The number of hydrogen-bond acceptors (Lipinski definition) is 3. The molecule has 0 atom stereocenters. The number of unbranched alkanes of at least 4 members (excludes halogenated alkanes) is 2. The summed E-state index contributed by atoms with van der Waals surface area (Å²) in [5, 5.41) is 6.89. The van der Waals surface area contributed by atoms with Crippen molar-refractivity contribution in [1.29, 1.82) is 0 Å². The second-order valence-electron chi connectivity index (χ2n) is 3.31. The molecule has 0 amide bonds. The Morgan fingerprint density at radius 2 is 2.08 bits per heavy atom. The van der Waals surface area contributed by atoms with E-state index >= 15 is 0 Å². The van der Waals surface area contributed by atoms with Gasteiger partial charge in [-0.3, -0.25) is 5.10 Å². The highest BCUT2D eigenvalue weighted by atomic mass is 15.2. The van der Waals surface area contributed by atoms with Crippen molar-refractivity contribution in [2.45, 2.75) is 32.6 Å². The van der Waals surface area contributed by atoms with Gasteiger partial charge >= 0.3 is 0 Å². The van der Waals surface area contributed by atoms with E-state index in [-0.39, 0.29) is 0 Å². The van der Waals surface area contributed by atoms with Crippen LogP contribution >= 0.6 is 0 Å². The Labute approximate surface area is 78.7 Å². The van der Waals surface area contributed by atoms with E-state index in [1.165, 1.54) is 6.42 Å². The fourth-order valence-corrected chi connectivity index (χ4v) is 1.32. The molecular weight excluding hydrogens is 164 g/mol. The molecule has 0 aliphatic heterocycles. The number of nitrogens with one attached hydrogen (secondary N) is 1. The summed E-state index contributed by atoms with van der Waals surface area (Å²) in [6.07, 6.45) is 4.45. The van der Waals surface area contributed by atoms with Crippen molar-refractivity contribution in [2.24, 2.45) is 5.73 Å². The molecule has 0 aliphatic rings. The third-order valence-electron chi connectivity index (χ3n) is 2.28. The van der Waals surface area contributed by atoms with Crippen LogP contribution < -0.4 is 11.5 Å². The lowest BCUT2D eigenvalue weighted by atomic mass is 10.1. The zero-order valence-corrected chi connectivity index (χ0v) is 8.14. The van der Waals surface area contributed by atoms with Gasteiger partial charge in [-0.1, -0.05) is 6.42 Å². The van der Waals surface area contributed by atoms with Crippen LogP contribution in [0.5, 0.6) is 0 Å². The van der Waals surface area contributed by atoms with E-state index in [2.05, 4.69) is 10.2 Å². The van der Waals surface area contributed by atoms with Crippen LogP contribution in [0.3, 0.4) is 0 Å². The first kappa shape index (κ1) is 10.1. The highest BCUT2D eigenvalue weighted by Gasteiger charge is 2.04. The Balaban J connectivity index is 2.32. The van der Waals surface area contributed by atoms with E-state index in [4.69, 9.17) is 11.5 Å². The summed E-state index contributed by atoms with van der Waals surface area (Å²) in [5.41, 5.74) is 13.3. The Hall–Kier alpha value is -1.03. The lowest BCUT2D eigenvalue weighted by molar-refractivity contribution is 0.676. The zero-order chi connectivity index (χ0) is 9.68. The molecule has 1 heterocycles. The van der Waals surface area contributed by atoms with Gasteiger partial charge in [-0.05, 0) is 32.7 Å². The molecule has 4 nitrogen and oxygen atoms in total. The average molecular weight is 182 g/mol. The molecule has 1 aromatic rings. The standard InChI is InChI=1S/C9H18N4/c1-7-8(12-13-9(7)11)5-3-2-4-6-10/h2-6,10H2,1H3,(H3,11,12,13). The van der Waals surface area contributed by atoms with E-state index in [9.17, 15) is 0 Å². The van der Waals surface area contributed by atoms with Gasteiger partial charge in [-0.2, -0.15) is 5.10 Å². The molecule has 0 saturated carbocycles. The normalized spacial score (nSPS) is 10.6. The lowest BCUT2D eigenvalue weighted by Crippen LogP contribution is -1.98. The smallest absolute Gasteiger partial charge is 0.148 e. The van der Waals surface area contributed by atoms with E-state index in [1.807, 2.05) is 6.92 Å². The minimum absolute atomic E-state index is 0.619. The number of nitrogen functional groups attached to an aromatic ring is 1. The Kier molecular flexibility index (Phi) is 3.76. The number of aryl methyl sites for hydroxylation is 1. The van der Waals surface area contributed by atoms with Gasteiger partial charge in [0.2, 0.25) is 0 Å². The second kappa shape index (κ2) is 4.87. The van der Waals surface area contributed by atoms with Gasteiger partial charge in [0, 0.05) is 11.3 Å². The molecule has 13 heavy (non-hydrogen) atoms. The Morgan fingerprint density at radius 3 is 2.62 bits per heavy atom. The van der Waals surface area contributed by atoms with Gasteiger partial charge in [0.15, 0.2) is 0 Å². The van der Waals surface area contributed by atoms with Crippen LogP contribution in [0.4, 0.5) is 5.82 Å². The predicted octanol–water partition coefficient (Wildman–Crippen LogP) is 0.972. The van der Waals surface area contributed by atoms with Gasteiger partial charge in [0.25, 0.3) is 0 Å². The van der Waals surface area contributed by atoms with Crippen LogP contribution in [-0.4, -0.2) is 16.7 Å². The maximum absolute atomic E-state index is 5.61. The quantitative estimate of drug-likeness (QED) is 0.593. The minimum atomic E-state index is 0.619. The molecule has 1 aromatic heterocycles. The first-order valence-electron chi connectivity index (χ1n) is 4.75. The molecule has 0 aliphatic carbocycles. The first-order valence-corrected chi connectivity index (χ1v) is 4.75.